The van der Waals surface area contributed by atoms with Crippen LogP contribution in [0.15, 0.2) is 59.1 Å². The fraction of sp³-hybridized carbons (Fsp3) is 0.480. The van der Waals surface area contributed by atoms with E-state index in [-0.39, 0.29) is 5.69 Å². The van der Waals surface area contributed by atoms with Gasteiger partial charge in [0.25, 0.3) is 0 Å². The lowest BCUT2D eigenvalue weighted by Crippen LogP contribution is -2.25. The van der Waals surface area contributed by atoms with E-state index in [1.54, 1.807) is 12.1 Å². The van der Waals surface area contributed by atoms with Gasteiger partial charge >= 0.3 is 5.69 Å². The Morgan fingerprint density at radius 1 is 1.17 bits per heavy atom. The van der Waals surface area contributed by atoms with Crippen LogP contribution < -0.4 is 5.69 Å². The van der Waals surface area contributed by atoms with Gasteiger partial charge in [-0.1, -0.05) is 56.7 Å². The van der Waals surface area contributed by atoms with E-state index < -0.39 is 0 Å². The van der Waals surface area contributed by atoms with Crippen molar-refractivity contribution in [3.63, 3.8) is 0 Å². The number of hydrogen-bond acceptors (Lipinski definition) is 2. The van der Waals surface area contributed by atoms with Gasteiger partial charge in [0.15, 0.2) is 0 Å². The van der Waals surface area contributed by atoms with Crippen LogP contribution in [-0.2, 0) is 25.9 Å². The molecule has 0 amide bonds. The van der Waals surface area contributed by atoms with Crippen molar-refractivity contribution in [3.05, 3.63) is 76.0 Å². The van der Waals surface area contributed by atoms with Gasteiger partial charge in [-0.2, -0.15) is 0 Å². The Hall–Kier alpha value is -2.49. The zero-order valence-electron chi connectivity index (χ0n) is 18.4. The largest absolute Gasteiger partial charge is 0.508 e. The average Bonchev–Trinajstić information content (AvgIpc) is 2.98. The maximum absolute atomic E-state index is 12.9. The Morgan fingerprint density at radius 2 is 1.90 bits per heavy atom. The van der Waals surface area contributed by atoms with E-state index in [0.717, 1.165) is 44.3 Å². The first-order chi connectivity index (χ1) is 13.9. The van der Waals surface area contributed by atoms with Crippen molar-refractivity contribution in [3.8, 4) is 5.75 Å². The number of phenols is 1. The third kappa shape index (κ3) is 7.12. The third-order valence-electron chi connectivity index (χ3n) is 5.09. The van der Waals surface area contributed by atoms with E-state index in [2.05, 4.69) is 39.0 Å². The van der Waals surface area contributed by atoms with Gasteiger partial charge in [-0.25, -0.2) is 4.79 Å². The van der Waals surface area contributed by atoms with Gasteiger partial charge in [-0.15, -0.1) is 0 Å². The van der Waals surface area contributed by atoms with Crippen LogP contribution >= 0.6 is 0 Å². The molecule has 0 aliphatic heterocycles. The first kappa shape index (κ1) is 22.8. The van der Waals surface area contributed by atoms with E-state index >= 15 is 0 Å². The topological polar surface area (TPSA) is 47.2 Å². The standard InChI is InChI=1S/C25H36N2O2/c1-5-17-27-23(12-8-11-22-13-15-24(28)16-14-22)19-26(25(27)29)18-21(6-2)10-7-9-20(3)4/h6-7,9,13-16,19-20,28H,5,8,10-12,17-18H2,1-4H3/b9-7-,21-6+. The van der Waals surface area contributed by atoms with Gasteiger partial charge in [0.2, 0.25) is 0 Å². The molecule has 4 heteroatoms. The predicted molar refractivity (Wildman–Crippen MR) is 121 cm³/mol. The van der Waals surface area contributed by atoms with E-state index in [1.165, 1.54) is 11.1 Å². The monoisotopic (exact) mass is 396 g/mol. The molecule has 1 N–H and O–H groups in total. The normalized spacial score (nSPS) is 12.4. The zero-order chi connectivity index (χ0) is 21.2. The van der Waals surface area contributed by atoms with Crippen LogP contribution in [0.5, 0.6) is 5.75 Å². The number of hydrogen-bond donors (Lipinski definition) is 1. The Balaban J connectivity index is 2.08. The number of allylic oxidation sites excluding steroid dienone is 4. The molecule has 29 heavy (non-hydrogen) atoms. The van der Waals surface area contributed by atoms with Crippen LogP contribution in [0.1, 0.15) is 58.2 Å². The molecule has 0 aliphatic rings. The van der Waals surface area contributed by atoms with E-state index in [4.69, 9.17) is 0 Å². The van der Waals surface area contributed by atoms with Crippen LogP contribution in [0.3, 0.4) is 0 Å². The van der Waals surface area contributed by atoms with Gasteiger partial charge in [0.1, 0.15) is 5.75 Å². The zero-order valence-corrected chi connectivity index (χ0v) is 18.4. The molecule has 0 radical (unpaired) electrons. The molecule has 0 unspecified atom stereocenters. The highest BCUT2D eigenvalue weighted by Crippen LogP contribution is 2.14. The highest BCUT2D eigenvalue weighted by molar-refractivity contribution is 5.26. The van der Waals surface area contributed by atoms with Crippen molar-refractivity contribution in [2.24, 2.45) is 5.92 Å². The van der Waals surface area contributed by atoms with Crippen molar-refractivity contribution in [1.29, 1.82) is 0 Å². The summed E-state index contributed by atoms with van der Waals surface area (Å²) in [6.45, 7) is 9.92. The van der Waals surface area contributed by atoms with E-state index in [1.807, 2.05) is 34.4 Å². The second kappa shape index (κ2) is 11.5. The molecule has 158 valence electrons. The number of phenolic OH excluding ortho intramolecular Hbond substituents is 1. The van der Waals surface area contributed by atoms with Crippen molar-refractivity contribution >= 4 is 0 Å². The summed E-state index contributed by atoms with van der Waals surface area (Å²) in [6.07, 6.45) is 13.2. The summed E-state index contributed by atoms with van der Waals surface area (Å²) in [5.74, 6) is 0.840. The SMILES string of the molecule is C/C=C(\C/C=C\C(C)C)Cn1cc(CCCc2ccc(O)cc2)n(CCC)c1=O. The molecule has 2 rings (SSSR count). The molecule has 0 saturated heterocycles. The maximum Gasteiger partial charge on any atom is 0.328 e. The van der Waals surface area contributed by atoms with Gasteiger partial charge in [-0.05, 0) is 62.6 Å². The van der Waals surface area contributed by atoms with Crippen molar-refractivity contribution < 1.29 is 5.11 Å². The minimum absolute atomic E-state index is 0.0960. The average molecular weight is 397 g/mol. The summed E-state index contributed by atoms with van der Waals surface area (Å²) < 4.78 is 3.80. The molecule has 0 bridgehead atoms. The predicted octanol–water partition coefficient (Wildman–Crippen LogP) is 5.49. The van der Waals surface area contributed by atoms with Crippen LogP contribution in [-0.4, -0.2) is 14.2 Å². The summed E-state index contributed by atoms with van der Waals surface area (Å²) in [5.41, 5.74) is 3.68. The number of rotatable bonds is 11. The molecule has 4 nitrogen and oxygen atoms in total. The molecule has 0 spiro atoms. The molecule has 0 aliphatic carbocycles. The summed E-state index contributed by atoms with van der Waals surface area (Å²) >= 11 is 0. The van der Waals surface area contributed by atoms with Gasteiger partial charge < -0.3 is 5.11 Å². The second-order valence-corrected chi connectivity index (χ2v) is 8.03. The highest BCUT2D eigenvalue weighted by atomic mass is 16.3. The molecular formula is C25H36N2O2. The molecule has 1 heterocycles. The molecule has 0 saturated carbocycles. The first-order valence-corrected chi connectivity index (χ1v) is 10.8. The molecule has 0 atom stereocenters. The number of nitrogens with zero attached hydrogens (tertiary/aromatic N) is 2. The Bertz CT molecular complexity index is 867. The molecule has 0 fully saturated rings. The van der Waals surface area contributed by atoms with E-state index in [0.29, 0.717) is 18.2 Å². The van der Waals surface area contributed by atoms with Crippen LogP contribution in [0, 0.1) is 5.92 Å². The number of aromatic hydroxyl groups is 1. The summed E-state index contributed by atoms with van der Waals surface area (Å²) in [5, 5.41) is 9.41. The van der Waals surface area contributed by atoms with Crippen LogP contribution in [0.25, 0.3) is 0 Å². The first-order valence-electron chi connectivity index (χ1n) is 10.8. The smallest absolute Gasteiger partial charge is 0.328 e. The lowest BCUT2D eigenvalue weighted by molar-refractivity contribution is 0.475. The van der Waals surface area contributed by atoms with E-state index in [9.17, 15) is 9.90 Å². The second-order valence-electron chi connectivity index (χ2n) is 8.03. The van der Waals surface area contributed by atoms with Gasteiger partial charge in [0, 0.05) is 25.0 Å². The van der Waals surface area contributed by atoms with Crippen molar-refractivity contribution in [2.45, 2.75) is 72.9 Å². The molecule has 1 aromatic carbocycles. The minimum atomic E-state index is 0.0960. The Labute approximate surface area is 175 Å². The lowest BCUT2D eigenvalue weighted by atomic mass is 10.1. The summed E-state index contributed by atoms with van der Waals surface area (Å²) in [6, 6.07) is 7.38. The fourth-order valence-electron chi connectivity index (χ4n) is 3.48. The number of aromatic nitrogens is 2. The number of imidazole rings is 1. The summed E-state index contributed by atoms with van der Waals surface area (Å²) in [4.78, 5) is 12.9. The van der Waals surface area contributed by atoms with Crippen LogP contribution in [0.2, 0.25) is 0 Å². The quantitative estimate of drug-likeness (QED) is 0.511. The maximum atomic E-state index is 12.9. The van der Waals surface area contributed by atoms with Gasteiger partial charge in [0.05, 0.1) is 0 Å². The lowest BCUT2D eigenvalue weighted by Gasteiger charge is -2.06. The van der Waals surface area contributed by atoms with Gasteiger partial charge in [-0.3, -0.25) is 9.13 Å². The highest BCUT2D eigenvalue weighted by Gasteiger charge is 2.11. The Kier molecular flexibility index (Phi) is 9.04. The Morgan fingerprint density at radius 3 is 2.52 bits per heavy atom. The molecular weight excluding hydrogens is 360 g/mol. The fourth-order valence-corrected chi connectivity index (χ4v) is 3.48. The number of benzene rings is 1. The third-order valence-corrected chi connectivity index (χ3v) is 5.09. The number of aryl methyl sites for hydroxylation is 2. The summed E-state index contributed by atoms with van der Waals surface area (Å²) in [7, 11) is 0. The van der Waals surface area contributed by atoms with Crippen molar-refractivity contribution in [1.82, 2.24) is 9.13 Å². The molecule has 1 aromatic heterocycles. The van der Waals surface area contributed by atoms with Crippen LogP contribution in [0.4, 0.5) is 0 Å². The van der Waals surface area contributed by atoms with Crippen molar-refractivity contribution in [2.75, 3.05) is 0 Å². The minimum Gasteiger partial charge on any atom is -0.508 e. The molecule has 2 aromatic rings.